The Morgan fingerprint density at radius 1 is 0.850 bits per heavy atom. The molecule has 8 nitrogen and oxygen atoms in total. The minimum atomic E-state index is -0.869. The molecule has 1 N–H and O–H groups in total. The molecule has 1 amide bonds. The molecule has 0 aliphatic carbocycles. The number of amides is 1. The van der Waals surface area contributed by atoms with E-state index < -0.39 is 17.7 Å². The average molecular weight is 545 g/mol. The van der Waals surface area contributed by atoms with Crippen molar-refractivity contribution >= 4 is 28.8 Å². The van der Waals surface area contributed by atoms with E-state index in [4.69, 9.17) is 14.2 Å². The van der Waals surface area contributed by atoms with Crippen LogP contribution in [0.25, 0.3) is 5.76 Å². The summed E-state index contributed by atoms with van der Waals surface area (Å²) < 4.78 is 16.7. The highest BCUT2D eigenvalue weighted by Crippen LogP contribution is 2.44. The van der Waals surface area contributed by atoms with Crippen molar-refractivity contribution in [1.29, 1.82) is 0 Å². The minimum absolute atomic E-state index is 0.0203. The molecule has 1 fully saturated rings. The van der Waals surface area contributed by atoms with Gasteiger partial charge in [0, 0.05) is 30.5 Å². The van der Waals surface area contributed by atoms with Gasteiger partial charge in [0.2, 0.25) is 0 Å². The zero-order chi connectivity index (χ0) is 28.8. The normalized spacial score (nSPS) is 16.2. The van der Waals surface area contributed by atoms with Crippen molar-refractivity contribution in [2.75, 3.05) is 43.2 Å². The van der Waals surface area contributed by atoms with Gasteiger partial charge in [-0.25, -0.2) is 0 Å². The molecule has 1 aliphatic heterocycles. The molecular formula is C32H36N2O6. The molecule has 8 heteroatoms. The molecule has 0 saturated carbocycles. The lowest BCUT2D eigenvalue weighted by atomic mass is 9.94. The van der Waals surface area contributed by atoms with E-state index in [2.05, 4.69) is 18.7 Å². The number of nitrogens with zero attached hydrogens (tertiary/aromatic N) is 2. The van der Waals surface area contributed by atoms with Gasteiger partial charge in [-0.1, -0.05) is 12.1 Å². The van der Waals surface area contributed by atoms with Crippen molar-refractivity contribution in [3.05, 3.63) is 83.4 Å². The number of rotatable bonds is 11. The van der Waals surface area contributed by atoms with Gasteiger partial charge in [0.25, 0.3) is 11.7 Å². The molecule has 1 atom stereocenters. The largest absolute Gasteiger partial charge is 0.507 e. The fourth-order valence-electron chi connectivity index (χ4n) is 4.99. The first kappa shape index (κ1) is 28.5. The van der Waals surface area contributed by atoms with E-state index in [9.17, 15) is 14.7 Å². The maximum Gasteiger partial charge on any atom is 0.300 e. The number of hydrogen-bond donors (Lipinski definition) is 1. The van der Waals surface area contributed by atoms with Crippen LogP contribution in [-0.2, 0) is 9.59 Å². The Hall–Kier alpha value is -4.46. The van der Waals surface area contributed by atoms with Crippen LogP contribution in [0.15, 0.2) is 72.3 Å². The number of hydrogen-bond acceptors (Lipinski definition) is 7. The molecule has 0 radical (unpaired) electrons. The summed E-state index contributed by atoms with van der Waals surface area (Å²) in [5.74, 6) is -0.246. The maximum atomic E-state index is 13.6. The second-order valence-corrected chi connectivity index (χ2v) is 9.15. The maximum absolute atomic E-state index is 13.6. The van der Waals surface area contributed by atoms with Gasteiger partial charge in [-0.3, -0.25) is 14.5 Å². The number of carbonyl (C=O) groups is 2. The van der Waals surface area contributed by atoms with Crippen LogP contribution in [0.1, 0.15) is 44.9 Å². The number of ether oxygens (including phenoxy) is 3. The quantitative estimate of drug-likeness (QED) is 0.181. The zero-order valence-corrected chi connectivity index (χ0v) is 23.6. The Kier molecular flexibility index (Phi) is 8.99. The third-order valence-electron chi connectivity index (χ3n) is 6.95. The van der Waals surface area contributed by atoms with Crippen LogP contribution in [0.4, 0.5) is 11.4 Å². The van der Waals surface area contributed by atoms with E-state index in [0.717, 1.165) is 18.8 Å². The zero-order valence-electron chi connectivity index (χ0n) is 23.6. The van der Waals surface area contributed by atoms with E-state index >= 15 is 0 Å². The number of aliphatic hydroxyl groups excluding tert-OH is 1. The highest BCUT2D eigenvalue weighted by atomic mass is 16.5. The summed E-state index contributed by atoms with van der Waals surface area (Å²) in [5, 5.41) is 11.6. The molecule has 1 saturated heterocycles. The first-order valence-corrected chi connectivity index (χ1v) is 13.6. The van der Waals surface area contributed by atoms with Crippen molar-refractivity contribution in [2.45, 2.75) is 33.7 Å². The summed E-state index contributed by atoms with van der Waals surface area (Å²) >= 11 is 0. The molecule has 210 valence electrons. The lowest BCUT2D eigenvalue weighted by molar-refractivity contribution is -0.132. The van der Waals surface area contributed by atoms with Gasteiger partial charge >= 0.3 is 0 Å². The van der Waals surface area contributed by atoms with Gasteiger partial charge < -0.3 is 24.2 Å². The smallest absolute Gasteiger partial charge is 0.300 e. The van der Waals surface area contributed by atoms with E-state index in [1.54, 1.807) is 49.6 Å². The predicted octanol–water partition coefficient (Wildman–Crippen LogP) is 5.97. The van der Waals surface area contributed by atoms with Gasteiger partial charge in [0.1, 0.15) is 23.0 Å². The average Bonchev–Trinajstić information content (AvgIpc) is 3.24. The second-order valence-electron chi connectivity index (χ2n) is 9.15. The number of Topliss-reactive ketones (excluding diaryl/α,β-unsaturated/α-hetero) is 1. The molecule has 1 heterocycles. The van der Waals surface area contributed by atoms with Gasteiger partial charge in [0.15, 0.2) is 0 Å². The Morgan fingerprint density at radius 2 is 1.48 bits per heavy atom. The van der Waals surface area contributed by atoms with Crippen LogP contribution in [0, 0.1) is 0 Å². The molecule has 0 bridgehead atoms. The lowest BCUT2D eigenvalue weighted by Crippen LogP contribution is -2.29. The summed E-state index contributed by atoms with van der Waals surface area (Å²) in [5.41, 5.74) is 2.50. The van der Waals surface area contributed by atoms with E-state index in [-0.39, 0.29) is 11.3 Å². The van der Waals surface area contributed by atoms with Crippen LogP contribution >= 0.6 is 0 Å². The summed E-state index contributed by atoms with van der Waals surface area (Å²) in [6, 6.07) is 18.8. The fourth-order valence-corrected chi connectivity index (χ4v) is 4.99. The highest BCUT2D eigenvalue weighted by molar-refractivity contribution is 6.51. The Labute approximate surface area is 235 Å². The summed E-state index contributed by atoms with van der Waals surface area (Å²) in [6.07, 6.45) is 0. The van der Waals surface area contributed by atoms with Gasteiger partial charge in [-0.2, -0.15) is 0 Å². The van der Waals surface area contributed by atoms with Crippen molar-refractivity contribution in [3.8, 4) is 17.2 Å². The number of ketones is 1. The van der Waals surface area contributed by atoms with E-state index in [1.807, 2.05) is 38.1 Å². The first-order valence-electron chi connectivity index (χ1n) is 13.6. The van der Waals surface area contributed by atoms with Crippen LogP contribution in [-0.4, -0.2) is 50.2 Å². The molecule has 3 aromatic carbocycles. The summed E-state index contributed by atoms with van der Waals surface area (Å²) in [7, 11) is 1.57. The van der Waals surface area contributed by atoms with Crippen molar-refractivity contribution < 1.29 is 28.9 Å². The molecule has 40 heavy (non-hydrogen) atoms. The monoisotopic (exact) mass is 544 g/mol. The number of anilines is 2. The van der Waals surface area contributed by atoms with Crippen LogP contribution < -0.4 is 24.0 Å². The molecule has 1 unspecified atom stereocenters. The molecule has 3 aromatic rings. The lowest BCUT2D eigenvalue weighted by Gasteiger charge is -2.27. The summed E-state index contributed by atoms with van der Waals surface area (Å²) in [6.45, 7) is 10.4. The van der Waals surface area contributed by atoms with E-state index in [1.165, 1.54) is 4.90 Å². The molecule has 4 rings (SSSR count). The number of methoxy groups -OCH3 is 1. The minimum Gasteiger partial charge on any atom is -0.507 e. The fraction of sp³-hybridized carbons (Fsp3) is 0.312. The van der Waals surface area contributed by atoms with Crippen molar-refractivity contribution in [3.63, 3.8) is 0 Å². The predicted molar refractivity (Wildman–Crippen MR) is 157 cm³/mol. The number of benzene rings is 3. The topological polar surface area (TPSA) is 88.5 Å². The first-order chi connectivity index (χ1) is 19.4. The Balaban J connectivity index is 1.89. The Bertz CT molecular complexity index is 1380. The molecular weight excluding hydrogens is 508 g/mol. The van der Waals surface area contributed by atoms with Crippen molar-refractivity contribution in [1.82, 2.24) is 0 Å². The number of carbonyl (C=O) groups excluding carboxylic acids is 2. The van der Waals surface area contributed by atoms with Crippen LogP contribution in [0.5, 0.6) is 17.2 Å². The standard InChI is InChI=1S/C32H36N2O6/c1-6-33(7-2)22-12-14-23(15-13-22)34-29(21-10-16-24(38-5)17-11-21)28(31(36)32(34)37)30(35)26-19-18-25(39-8-3)20-27(26)40-9-4/h10-20,29,35H,6-9H2,1-5H3/b30-28-. The Morgan fingerprint density at radius 3 is 2.05 bits per heavy atom. The van der Waals surface area contributed by atoms with E-state index in [0.29, 0.717) is 47.3 Å². The SMILES string of the molecule is CCOc1ccc(/C(O)=C2/C(=O)C(=O)N(c3ccc(N(CC)CC)cc3)C2c2ccc(OC)cc2)c(OCC)c1. The third kappa shape index (κ3) is 5.47. The second kappa shape index (κ2) is 12.6. The summed E-state index contributed by atoms with van der Waals surface area (Å²) in [4.78, 5) is 30.8. The van der Waals surface area contributed by atoms with Crippen molar-refractivity contribution in [2.24, 2.45) is 0 Å². The molecule has 0 spiro atoms. The number of aliphatic hydroxyl groups is 1. The van der Waals surface area contributed by atoms with Crippen LogP contribution in [0.3, 0.4) is 0 Å². The van der Waals surface area contributed by atoms with Gasteiger partial charge in [-0.15, -0.1) is 0 Å². The van der Waals surface area contributed by atoms with Crippen LogP contribution in [0.2, 0.25) is 0 Å². The molecule has 1 aliphatic rings. The third-order valence-corrected chi connectivity index (χ3v) is 6.95. The molecule has 0 aromatic heterocycles. The highest BCUT2D eigenvalue weighted by Gasteiger charge is 2.47. The van der Waals surface area contributed by atoms with Gasteiger partial charge in [-0.05, 0) is 81.8 Å². The van der Waals surface area contributed by atoms with Gasteiger partial charge in [0.05, 0.1) is 37.5 Å².